The average Bonchev–Trinajstić information content (AvgIpc) is 2.35. The minimum atomic E-state index is -0.641. The number of carbonyl (C=O) groups is 1. The van der Waals surface area contributed by atoms with Gasteiger partial charge in [0.1, 0.15) is 0 Å². The highest BCUT2D eigenvalue weighted by atomic mass is 32.2. The third-order valence-electron chi connectivity index (χ3n) is 2.14. The normalized spacial score (nSPS) is 12.6. The fourth-order valence-electron chi connectivity index (χ4n) is 1.29. The van der Waals surface area contributed by atoms with Gasteiger partial charge in [0, 0.05) is 17.8 Å². The summed E-state index contributed by atoms with van der Waals surface area (Å²) in [5, 5.41) is 6.30. The first-order valence-electron chi connectivity index (χ1n) is 6.69. The van der Waals surface area contributed by atoms with Gasteiger partial charge < -0.3 is 16.4 Å². The number of carbonyl (C=O) groups excluding carboxylic acids is 1. The SMILES string of the molecule is CC(C)Nc1nc(NC(C)C)nc(SC(=O)[C@@H](N)CS)n1. The smallest absolute Gasteiger partial charge is 0.228 e. The van der Waals surface area contributed by atoms with E-state index in [-0.39, 0.29) is 23.0 Å². The molecule has 1 aromatic rings. The van der Waals surface area contributed by atoms with Gasteiger partial charge in [-0.1, -0.05) is 0 Å². The molecule has 7 nitrogen and oxygen atoms in total. The van der Waals surface area contributed by atoms with Crippen molar-refractivity contribution in [1.29, 1.82) is 0 Å². The molecule has 0 radical (unpaired) electrons. The van der Waals surface area contributed by atoms with Crippen molar-refractivity contribution in [2.45, 2.75) is 51.0 Å². The van der Waals surface area contributed by atoms with Crippen LogP contribution in [0, 0.1) is 0 Å². The van der Waals surface area contributed by atoms with E-state index in [1.165, 1.54) is 0 Å². The van der Waals surface area contributed by atoms with E-state index >= 15 is 0 Å². The van der Waals surface area contributed by atoms with Crippen LogP contribution in [0.2, 0.25) is 0 Å². The molecule has 1 atom stereocenters. The number of thioether (sulfide) groups is 1. The molecule has 21 heavy (non-hydrogen) atoms. The van der Waals surface area contributed by atoms with Crippen LogP contribution >= 0.6 is 24.4 Å². The molecule has 1 aromatic heterocycles. The van der Waals surface area contributed by atoms with Gasteiger partial charge in [0.05, 0.1) is 6.04 Å². The molecular weight excluding hydrogens is 308 g/mol. The highest BCUT2D eigenvalue weighted by Crippen LogP contribution is 2.19. The number of anilines is 2. The second-order valence-corrected chi connectivity index (χ2v) is 6.41. The van der Waals surface area contributed by atoms with E-state index in [9.17, 15) is 4.79 Å². The predicted octanol–water partition coefficient (Wildman–Crippen LogP) is 1.39. The first-order chi connectivity index (χ1) is 9.81. The Morgan fingerprint density at radius 1 is 1.14 bits per heavy atom. The van der Waals surface area contributed by atoms with Crippen molar-refractivity contribution >= 4 is 41.4 Å². The second-order valence-electron chi connectivity index (χ2n) is 5.07. The van der Waals surface area contributed by atoms with Gasteiger partial charge in [-0.2, -0.15) is 27.6 Å². The summed E-state index contributed by atoms with van der Waals surface area (Å²) in [5.74, 6) is 1.14. The van der Waals surface area contributed by atoms with Gasteiger partial charge in [0.25, 0.3) is 0 Å². The van der Waals surface area contributed by atoms with Gasteiger partial charge in [-0.3, -0.25) is 4.79 Å². The van der Waals surface area contributed by atoms with Crippen molar-refractivity contribution in [3.63, 3.8) is 0 Å². The minimum Gasteiger partial charge on any atom is -0.352 e. The van der Waals surface area contributed by atoms with Gasteiger partial charge in [-0.25, -0.2) is 0 Å². The Labute approximate surface area is 134 Å². The van der Waals surface area contributed by atoms with Crippen molar-refractivity contribution in [3.05, 3.63) is 0 Å². The molecule has 0 aromatic carbocycles. The molecule has 0 amide bonds. The van der Waals surface area contributed by atoms with Crippen LogP contribution in [0.4, 0.5) is 11.9 Å². The molecule has 0 aliphatic rings. The summed E-state index contributed by atoms with van der Waals surface area (Å²) in [4.78, 5) is 24.6. The molecule has 1 rings (SSSR count). The van der Waals surface area contributed by atoms with Crippen LogP contribution in [-0.2, 0) is 4.79 Å². The lowest BCUT2D eigenvalue weighted by molar-refractivity contribution is -0.111. The number of nitrogens with one attached hydrogen (secondary N) is 2. The van der Waals surface area contributed by atoms with Crippen LogP contribution in [0.3, 0.4) is 0 Å². The van der Waals surface area contributed by atoms with Gasteiger partial charge in [-0.15, -0.1) is 0 Å². The predicted molar refractivity (Wildman–Crippen MR) is 90.0 cm³/mol. The highest BCUT2D eigenvalue weighted by molar-refractivity contribution is 8.13. The Morgan fingerprint density at radius 2 is 1.62 bits per heavy atom. The molecule has 4 N–H and O–H groups in total. The summed E-state index contributed by atoms with van der Waals surface area (Å²) in [6.07, 6.45) is 0. The summed E-state index contributed by atoms with van der Waals surface area (Å²) in [5.41, 5.74) is 5.65. The Hall–Kier alpha value is -1.06. The summed E-state index contributed by atoms with van der Waals surface area (Å²) in [7, 11) is 0. The van der Waals surface area contributed by atoms with Crippen molar-refractivity contribution in [2.24, 2.45) is 5.73 Å². The van der Waals surface area contributed by atoms with Crippen molar-refractivity contribution in [1.82, 2.24) is 15.0 Å². The number of aromatic nitrogens is 3. The lowest BCUT2D eigenvalue weighted by Crippen LogP contribution is -2.30. The van der Waals surface area contributed by atoms with Crippen molar-refractivity contribution in [2.75, 3.05) is 16.4 Å². The maximum Gasteiger partial charge on any atom is 0.228 e. The monoisotopic (exact) mass is 330 g/mol. The van der Waals surface area contributed by atoms with Crippen LogP contribution in [0.25, 0.3) is 0 Å². The standard InChI is InChI=1S/C12H22N6OS2/c1-6(2)14-10-16-11(15-7(3)4)18-12(17-10)21-9(19)8(13)5-20/h6-8,20H,5,13H2,1-4H3,(H2,14,15,16,17,18)/t8-/m0/s1. The molecule has 0 unspecified atom stereocenters. The molecule has 1 heterocycles. The van der Waals surface area contributed by atoms with E-state index in [4.69, 9.17) is 5.73 Å². The topological polar surface area (TPSA) is 106 Å². The zero-order valence-electron chi connectivity index (χ0n) is 12.6. The number of hydrogen-bond donors (Lipinski definition) is 4. The molecule has 0 saturated carbocycles. The van der Waals surface area contributed by atoms with Crippen LogP contribution in [0.5, 0.6) is 0 Å². The maximum atomic E-state index is 11.9. The summed E-state index contributed by atoms with van der Waals surface area (Å²) < 4.78 is 0. The van der Waals surface area contributed by atoms with E-state index in [0.29, 0.717) is 17.1 Å². The maximum absolute atomic E-state index is 11.9. The fraction of sp³-hybridized carbons (Fsp3) is 0.667. The van der Waals surface area contributed by atoms with E-state index in [0.717, 1.165) is 11.8 Å². The molecule has 9 heteroatoms. The minimum absolute atomic E-state index is 0.174. The third kappa shape index (κ3) is 6.49. The Morgan fingerprint density at radius 3 is 2.00 bits per heavy atom. The van der Waals surface area contributed by atoms with Gasteiger partial charge in [0.2, 0.25) is 22.2 Å². The summed E-state index contributed by atoms with van der Waals surface area (Å²) in [6, 6.07) is -0.293. The highest BCUT2D eigenvalue weighted by Gasteiger charge is 2.17. The number of rotatable bonds is 7. The summed E-state index contributed by atoms with van der Waals surface area (Å²) >= 11 is 4.92. The first-order valence-corrected chi connectivity index (χ1v) is 8.14. The van der Waals surface area contributed by atoms with Crippen molar-refractivity contribution in [3.8, 4) is 0 Å². The Bertz CT molecular complexity index is 455. The second kappa shape index (κ2) is 8.40. The molecule has 0 bridgehead atoms. The number of nitrogens with two attached hydrogens (primary N) is 1. The molecule has 0 spiro atoms. The van der Waals surface area contributed by atoms with E-state index < -0.39 is 6.04 Å². The van der Waals surface area contributed by atoms with E-state index in [2.05, 4.69) is 38.2 Å². The zero-order chi connectivity index (χ0) is 16.0. The fourth-order valence-corrected chi connectivity index (χ4v) is 2.26. The molecule has 0 aliphatic carbocycles. The quantitative estimate of drug-likeness (QED) is 0.439. The van der Waals surface area contributed by atoms with Crippen molar-refractivity contribution < 1.29 is 4.79 Å². The summed E-state index contributed by atoms with van der Waals surface area (Å²) in [6.45, 7) is 7.92. The molecule has 118 valence electrons. The van der Waals surface area contributed by atoms with Crippen LogP contribution in [-0.4, -0.2) is 43.9 Å². The lowest BCUT2D eigenvalue weighted by Gasteiger charge is -2.13. The van der Waals surface area contributed by atoms with Crippen LogP contribution in [0.15, 0.2) is 5.16 Å². The average molecular weight is 330 g/mol. The number of nitrogens with zero attached hydrogens (tertiary/aromatic N) is 3. The molecule has 0 fully saturated rings. The third-order valence-corrected chi connectivity index (χ3v) is 3.40. The lowest BCUT2D eigenvalue weighted by atomic mass is 10.4. The van der Waals surface area contributed by atoms with Crippen LogP contribution < -0.4 is 16.4 Å². The van der Waals surface area contributed by atoms with E-state index in [1.807, 2.05) is 27.7 Å². The van der Waals surface area contributed by atoms with Gasteiger partial charge in [0.15, 0.2) is 0 Å². The molecule has 0 saturated heterocycles. The number of hydrogen-bond acceptors (Lipinski definition) is 9. The van der Waals surface area contributed by atoms with Crippen LogP contribution in [0.1, 0.15) is 27.7 Å². The molecular formula is C12H22N6OS2. The largest absolute Gasteiger partial charge is 0.352 e. The number of thiol groups is 1. The van der Waals surface area contributed by atoms with Gasteiger partial charge >= 0.3 is 0 Å². The van der Waals surface area contributed by atoms with E-state index in [1.54, 1.807) is 0 Å². The zero-order valence-corrected chi connectivity index (χ0v) is 14.3. The Balaban J connectivity index is 2.97. The van der Waals surface area contributed by atoms with Gasteiger partial charge in [-0.05, 0) is 39.5 Å². The molecule has 0 aliphatic heterocycles. The Kier molecular flexibility index (Phi) is 7.20. The first kappa shape index (κ1) is 18.0.